The number of rotatable bonds is 7. The largest absolute Gasteiger partial charge is 0.468 e. The average Bonchev–Trinajstić information content (AvgIpc) is 2.62. The van der Waals surface area contributed by atoms with Gasteiger partial charge in [-0.3, -0.25) is 0 Å². The van der Waals surface area contributed by atoms with Crippen LogP contribution in [-0.2, 0) is 6.54 Å². The first-order chi connectivity index (χ1) is 8.00. The minimum absolute atomic E-state index is 0.588. The molecule has 0 radical (unpaired) electrons. The molecule has 0 aliphatic heterocycles. The van der Waals surface area contributed by atoms with E-state index in [0.29, 0.717) is 6.04 Å². The van der Waals surface area contributed by atoms with Gasteiger partial charge in [0.05, 0.1) is 12.8 Å². The maximum atomic E-state index is 5.41. The Morgan fingerprint density at radius 2 is 2.06 bits per heavy atom. The molecule has 1 N–H and O–H groups in total. The molecule has 0 aliphatic rings. The smallest absolute Gasteiger partial charge is 0.120 e. The second-order valence-corrected chi connectivity index (χ2v) is 5.40. The summed E-state index contributed by atoms with van der Waals surface area (Å²) >= 11 is 0. The van der Waals surface area contributed by atoms with Crippen LogP contribution in [0.4, 0.5) is 0 Å². The molecule has 0 aliphatic carbocycles. The third-order valence-electron chi connectivity index (χ3n) is 3.11. The van der Waals surface area contributed by atoms with E-state index in [1.54, 1.807) is 6.26 Å². The van der Waals surface area contributed by atoms with Gasteiger partial charge >= 0.3 is 0 Å². The molecule has 3 nitrogen and oxygen atoms in total. The van der Waals surface area contributed by atoms with Gasteiger partial charge in [-0.1, -0.05) is 13.8 Å². The third-order valence-corrected chi connectivity index (χ3v) is 3.11. The zero-order chi connectivity index (χ0) is 12.8. The van der Waals surface area contributed by atoms with Crippen molar-refractivity contribution in [2.45, 2.75) is 39.8 Å². The molecule has 0 amide bonds. The molecule has 1 heterocycles. The van der Waals surface area contributed by atoms with Gasteiger partial charge in [-0.15, -0.1) is 0 Å². The Labute approximate surface area is 105 Å². The fraction of sp³-hybridized carbons (Fsp3) is 0.714. The molecule has 1 aromatic heterocycles. The van der Waals surface area contributed by atoms with Gasteiger partial charge in [0.15, 0.2) is 0 Å². The number of aryl methyl sites for hydroxylation is 1. The van der Waals surface area contributed by atoms with E-state index < -0.39 is 0 Å². The predicted octanol–water partition coefficient (Wildman–Crippen LogP) is 2.65. The van der Waals surface area contributed by atoms with Gasteiger partial charge in [-0.2, -0.15) is 0 Å². The van der Waals surface area contributed by atoms with E-state index in [4.69, 9.17) is 4.42 Å². The monoisotopic (exact) mass is 238 g/mol. The van der Waals surface area contributed by atoms with Crippen molar-refractivity contribution in [3.05, 3.63) is 23.7 Å². The van der Waals surface area contributed by atoms with Crippen LogP contribution in [0.5, 0.6) is 0 Å². The predicted molar refractivity (Wildman–Crippen MR) is 72.1 cm³/mol. The fourth-order valence-electron chi connectivity index (χ4n) is 1.96. The van der Waals surface area contributed by atoms with Crippen molar-refractivity contribution >= 4 is 0 Å². The lowest BCUT2D eigenvalue weighted by Gasteiger charge is -2.26. The summed E-state index contributed by atoms with van der Waals surface area (Å²) in [6.07, 6.45) is 2.97. The standard InChI is InChI=1S/C14H26N2O/c1-11(2)8-13(16(4)5)9-15-10-14-12(3)6-7-17-14/h6-7,11,13,15H,8-10H2,1-5H3. The van der Waals surface area contributed by atoms with E-state index in [9.17, 15) is 0 Å². The number of hydrogen-bond acceptors (Lipinski definition) is 3. The number of nitrogens with one attached hydrogen (secondary N) is 1. The van der Waals surface area contributed by atoms with Crippen LogP contribution in [0.15, 0.2) is 16.7 Å². The molecule has 1 atom stereocenters. The number of furan rings is 1. The maximum absolute atomic E-state index is 5.41. The minimum atomic E-state index is 0.588. The third kappa shape index (κ3) is 4.92. The molecule has 3 heteroatoms. The molecule has 0 spiro atoms. The van der Waals surface area contributed by atoms with E-state index in [0.717, 1.165) is 24.8 Å². The summed E-state index contributed by atoms with van der Waals surface area (Å²) in [4.78, 5) is 2.29. The Kier molecular flexibility index (Phi) is 5.72. The van der Waals surface area contributed by atoms with Crippen LogP contribution < -0.4 is 5.32 Å². The summed E-state index contributed by atoms with van der Waals surface area (Å²) in [6.45, 7) is 8.45. The lowest BCUT2D eigenvalue weighted by molar-refractivity contribution is 0.245. The first-order valence-electron chi connectivity index (χ1n) is 6.40. The Bertz CT molecular complexity index is 318. The van der Waals surface area contributed by atoms with Gasteiger partial charge in [-0.25, -0.2) is 0 Å². The molecule has 1 rings (SSSR count). The summed E-state index contributed by atoms with van der Waals surface area (Å²) < 4.78 is 5.41. The zero-order valence-corrected chi connectivity index (χ0v) is 11.8. The quantitative estimate of drug-likeness (QED) is 0.791. The second-order valence-electron chi connectivity index (χ2n) is 5.40. The highest BCUT2D eigenvalue weighted by Gasteiger charge is 2.13. The Hall–Kier alpha value is -0.800. The average molecular weight is 238 g/mol. The van der Waals surface area contributed by atoms with Gasteiger partial charge in [0.25, 0.3) is 0 Å². The lowest BCUT2D eigenvalue weighted by Crippen LogP contribution is -2.38. The fourth-order valence-corrected chi connectivity index (χ4v) is 1.96. The van der Waals surface area contributed by atoms with E-state index in [2.05, 4.69) is 45.1 Å². The van der Waals surface area contributed by atoms with Crippen LogP contribution in [0, 0.1) is 12.8 Å². The topological polar surface area (TPSA) is 28.4 Å². The van der Waals surface area contributed by atoms with Crippen molar-refractivity contribution < 1.29 is 4.42 Å². The van der Waals surface area contributed by atoms with Gasteiger partial charge in [-0.05, 0) is 45.0 Å². The summed E-state index contributed by atoms with van der Waals surface area (Å²) in [5.74, 6) is 1.78. The molecule has 0 aromatic carbocycles. The molecule has 0 bridgehead atoms. The van der Waals surface area contributed by atoms with Crippen molar-refractivity contribution in [1.29, 1.82) is 0 Å². The van der Waals surface area contributed by atoms with Crippen LogP contribution in [0.1, 0.15) is 31.6 Å². The molecule has 1 unspecified atom stereocenters. The molecule has 98 valence electrons. The first kappa shape index (κ1) is 14.3. The summed E-state index contributed by atoms with van der Waals surface area (Å²) in [7, 11) is 4.29. The Morgan fingerprint density at radius 3 is 2.53 bits per heavy atom. The van der Waals surface area contributed by atoms with Crippen molar-refractivity contribution in [3.8, 4) is 0 Å². The number of hydrogen-bond donors (Lipinski definition) is 1. The van der Waals surface area contributed by atoms with Gasteiger partial charge in [0.1, 0.15) is 5.76 Å². The Morgan fingerprint density at radius 1 is 1.35 bits per heavy atom. The van der Waals surface area contributed by atoms with Crippen molar-refractivity contribution in [2.75, 3.05) is 20.6 Å². The molecule has 17 heavy (non-hydrogen) atoms. The van der Waals surface area contributed by atoms with Crippen molar-refractivity contribution in [2.24, 2.45) is 5.92 Å². The van der Waals surface area contributed by atoms with Crippen LogP contribution >= 0.6 is 0 Å². The molecule has 0 saturated carbocycles. The number of likely N-dealkylation sites (N-methyl/N-ethyl adjacent to an activating group) is 1. The minimum Gasteiger partial charge on any atom is -0.468 e. The van der Waals surface area contributed by atoms with Crippen molar-refractivity contribution in [3.63, 3.8) is 0 Å². The van der Waals surface area contributed by atoms with Crippen LogP contribution in [-0.4, -0.2) is 31.6 Å². The number of nitrogens with zero attached hydrogens (tertiary/aromatic N) is 1. The summed E-state index contributed by atoms with van der Waals surface area (Å²) in [6, 6.07) is 2.60. The van der Waals surface area contributed by atoms with Gasteiger partial charge in [0, 0.05) is 12.6 Å². The highest BCUT2D eigenvalue weighted by atomic mass is 16.3. The van der Waals surface area contributed by atoms with Crippen LogP contribution in [0.25, 0.3) is 0 Å². The summed E-state index contributed by atoms with van der Waals surface area (Å²) in [5, 5.41) is 3.48. The summed E-state index contributed by atoms with van der Waals surface area (Å²) in [5.41, 5.74) is 1.22. The molecular formula is C14H26N2O. The molecule has 0 fully saturated rings. The lowest BCUT2D eigenvalue weighted by atomic mass is 10.0. The van der Waals surface area contributed by atoms with E-state index in [1.807, 2.05) is 6.07 Å². The SMILES string of the molecule is Cc1ccoc1CNCC(CC(C)C)N(C)C. The molecule has 0 saturated heterocycles. The van der Waals surface area contributed by atoms with E-state index in [1.165, 1.54) is 12.0 Å². The second kappa shape index (κ2) is 6.82. The normalized spacial score (nSPS) is 13.6. The van der Waals surface area contributed by atoms with Gasteiger partial charge < -0.3 is 14.6 Å². The first-order valence-corrected chi connectivity index (χ1v) is 6.40. The Balaban J connectivity index is 2.34. The van der Waals surface area contributed by atoms with Crippen LogP contribution in [0.3, 0.4) is 0 Å². The van der Waals surface area contributed by atoms with E-state index >= 15 is 0 Å². The van der Waals surface area contributed by atoms with E-state index in [-0.39, 0.29) is 0 Å². The zero-order valence-electron chi connectivity index (χ0n) is 11.8. The maximum Gasteiger partial charge on any atom is 0.120 e. The highest BCUT2D eigenvalue weighted by molar-refractivity contribution is 5.14. The van der Waals surface area contributed by atoms with Crippen molar-refractivity contribution in [1.82, 2.24) is 10.2 Å². The van der Waals surface area contributed by atoms with Gasteiger partial charge in [0.2, 0.25) is 0 Å². The highest BCUT2D eigenvalue weighted by Crippen LogP contribution is 2.10. The molecular weight excluding hydrogens is 212 g/mol. The van der Waals surface area contributed by atoms with Crippen LogP contribution in [0.2, 0.25) is 0 Å². The molecule has 1 aromatic rings.